The molecule has 5 rings (SSSR count). The molecule has 0 aliphatic carbocycles. The number of nitrogens with zero attached hydrogens (tertiary/aromatic N) is 1. The van der Waals surface area contributed by atoms with Crippen LogP contribution in [0.4, 0.5) is 4.39 Å². The highest BCUT2D eigenvalue weighted by atomic mass is 35.5. The Hall–Kier alpha value is -4.10. The number of aromatic amines is 1. The number of carbonyl (C=O) groups is 2. The minimum atomic E-state index is -0.827. The highest BCUT2D eigenvalue weighted by Crippen LogP contribution is 2.40. The predicted molar refractivity (Wildman–Crippen MR) is 135 cm³/mol. The number of hydrogen-bond acceptors (Lipinski definition) is 4. The molecule has 1 aliphatic heterocycles. The molecule has 0 unspecified atom stereocenters. The first-order chi connectivity index (χ1) is 17.4. The highest BCUT2D eigenvalue weighted by Gasteiger charge is 2.45. The summed E-state index contributed by atoms with van der Waals surface area (Å²) in [7, 11) is 1.60. The number of nitrogens with one attached hydrogen (secondary N) is 1. The number of rotatable bonds is 6. The summed E-state index contributed by atoms with van der Waals surface area (Å²) in [6.45, 7) is 0.224. The fraction of sp³-hybridized carbons (Fsp3) is 0.143. The Bertz CT molecular complexity index is 1490. The van der Waals surface area contributed by atoms with Crippen LogP contribution in [0.1, 0.15) is 22.7 Å². The van der Waals surface area contributed by atoms with Gasteiger partial charge in [0.2, 0.25) is 0 Å². The van der Waals surface area contributed by atoms with E-state index in [2.05, 4.69) is 4.98 Å². The summed E-state index contributed by atoms with van der Waals surface area (Å²) in [5.41, 5.74) is 2.71. The summed E-state index contributed by atoms with van der Waals surface area (Å²) in [5, 5.41) is 12.5. The lowest BCUT2D eigenvalue weighted by molar-refractivity contribution is -0.139. The number of halogens is 2. The smallest absolute Gasteiger partial charge is 0.295 e. The third kappa shape index (κ3) is 4.22. The van der Waals surface area contributed by atoms with Crippen molar-refractivity contribution >= 4 is 40.0 Å². The number of aromatic nitrogens is 1. The Kier molecular flexibility index (Phi) is 6.24. The summed E-state index contributed by atoms with van der Waals surface area (Å²) in [5.74, 6) is -1.62. The SMILES string of the molecule is COc1ccc2[nH]cc(CCN3C(=O)C(=O)C(=C(O)c4ccc(F)cc4)[C@H]3c3ccc(Cl)cc3)c2c1. The minimum absolute atomic E-state index is 0.0467. The third-order valence-corrected chi connectivity index (χ3v) is 6.69. The fourth-order valence-corrected chi connectivity index (χ4v) is 4.72. The first-order valence-corrected chi connectivity index (χ1v) is 11.7. The Balaban J connectivity index is 1.55. The lowest BCUT2D eigenvalue weighted by Crippen LogP contribution is -2.31. The van der Waals surface area contributed by atoms with Crippen LogP contribution < -0.4 is 4.74 Å². The van der Waals surface area contributed by atoms with Gasteiger partial charge in [0.1, 0.15) is 17.3 Å². The van der Waals surface area contributed by atoms with E-state index in [1.165, 1.54) is 29.2 Å². The second-order valence-electron chi connectivity index (χ2n) is 8.53. The summed E-state index contributed by atoms with van der Waals surface area (Å²) in [4.78, 5) is 31.0. The van der Waals surface area contributed by atoms with Crippen LogP contribution in [0, 0.1) is 5.82 Å². The van der Waals surface area contributed by atoms with Crippen molar-refractivity contribution in [3.8, 4) is 5.75 Å². The molecule has 182 valence electrons. The normalized spacial score (nSPS) is 17.2. The van der Waals surface area contributed by atoms with E-state index in [9.17, 15) is 19.1 Å². The Morgan fingerprint density at radius 3 is 2.50 bits per heavy atom. The van der Waals surface area contributed by atoms with Crippen LogP contribution in [0.3, 0.4) is 0 Å². The molecule has 2 N–H and O–H groups in total. The van der Waals surface area contributed by atoms with Gasteiger partial charge in [-0.3, -0.25) is 9.59 Å². The number of fused-ring (bicyclic) bond motifs is 1. The van der Waals surface area contributed by atoms with E-state index in [-0.39, 0.29) is 23.4 Å². The molecule has 2 heterocycles. The maximum Gasteiger partial charge on any atom is 0.295 e. The van der Waals surface area contributed by atoms with Gasteiger partial charge in [-0.1, -0.05) is 23.7 Å². The van der Waals surface area contributed by atoms with Gasteiger partial charge in [-0.15, -0.1) is 0 Å². The molecule has 1 aromatic heterocycles. The van der Waals surface area contributed by atoms with Gasteiger partial charge in [0, 0.05) is 34.2 Å². The number of Topliss-reactive ketones (excluding diaryl/α,β-unsaturated/α-hetero) is 1. The maximum absolute atomic E-state index is 13.5. The van der Waals surface area contributed by atoms with Gasteiger partial charge >= 0.3 is 0 Å². The molecule has 1 fully saturated rings. The van der Waals surface area contributed by atoms with Crippen molar-refractivity contribution in [3.63, 3.8) is 0 Å². The van der Waals surface area contributed by atoms with E-state index < -0.39 is 23.5 Å². The van der Waals surface area contributed by atoms with Crippen LogP contribution in [-0.4, -0.2) is 40.3 Å². The molecule has 4 aromatic rings. The molecule has 3 aromatic carbocycles. The molecular weight excluding hydrogens is 483 g/mol. The molecule has 0 spiro atoms. The van der Waals surface area contributed by atoms with Crippen LogP contribution in [-0.2, 0) is 16.0 Å². The predicted octanol–water partition coefficient (Wildman–Crippen LogP) is 5.63. The third-order valence-electron chi connectivity index (χ3n) is 6.44. The number of methoxy groups -OCH3 is 1. The van der Waals surface area contributed by atoms with E-state index in [1.807, 2.05) is 24.4 Å². The van der Waals surface area contributed by atoms with Crippen LogP contribution in [0.5, 0.6) is 5.75 Å². The monoisotopic (exact) mass is 504 g/mol. The Labute approximate surface area is 211 Å². The minimum Gasteiger partial charge on any atom is -0.507 e. The number of carbonyl (C=O) groups excluding carboxylic acids is 2. The van der Waals surface area contributed by atoms with Gasteiger partial charge in [-0.25, -0.2) is 4.39 Å². The van der Waals surface area contributed by atoms with E-state index in [1.54, 1.807) is 31.4 Å². The molecule has 8 heteroatoms. The average molecular weight is 505 g/mol. The number of likely N-dealkylation sites (tertiary alicyclic amines) is 1. The zero-order chi connectivity index (χ0) is 25.4. The number of aliphatic hydroxyl groups excluding tert-OH is 1. The number of ketones is 1. The zero-order valence-electron chi connectivity index (χ0n) is 19.3. The Morgan fingerprint density at radius 1 is 1.08 bits per heavy atom. The number of benzene rings is 3. The number of H-pyrrole nitrogens is 1. The lowest BCUT2D eigenvalue weighted by atomic mass is 9.95. The summed E-state index contributed by atoms with van der Waals surface area (Å²) in [6, 6.07) is 16.8. The fourth-order valence-electron chi connectivity index (χ4n) is 4.60. The van der Waals surface area contributed by atoms with Crippen LogP contribution in [0.25, 0.3) is 16.7 Å². The van der Waals surface area contributed by atoms with Crippen molar-refractivity contribution in [2.24, 2.45) is 0 Å². The molecule has 36 heavy (non-hydrogen) atoms. The van der Waals surface area contributed by atoms with Crippen LogP contribution in [0.2, 0.25) is 5.02 Å². The first-order valence-electron chi connectivity index (χ1n) is 11.3. The first kappa shape index (κ1) is 23.6. The van der Waals surface area contributed by atoms with Gasteiger partial charge in [-0.05, 0) is 72.1 Å². The van der Waals surface area contributed by atoms with E-state index in [4.69, 9.17) is 16.3 Å². The molecule has 1 atom stereocenters. The molecule has 0 saturated carbocycles. The average Bonchev–Trinajstić information content (AvgIpc) is 3.40. The van der Waals surface area contributed by atoms with Crippen molar-refractivity contribution in [2.45, 2.75) is 12.5 Å². The van der Waals surface area contributed by atoms with E-state index in [0.717, 1.165) is 16.5 Å². The topological polar surface area (TPSA) is 82.6 Å². The molecule has 0 radical (unpaired) electrons. The number of amides is 1. The second-order valence-corrected chi connectivity index (χ2v) is 8.96. The molecule has 1 aliphatic rings. The highest BCUT2D eigenvalue weighted by molar-refractivity contribution is 6.46. The van der Waals surface area contributed by atoms with Gasteiger partial charge < -0.3 is 19.7 Å². The quantitative estimate of drug-likeness (QED) is 0.202. The molecule has 1 amide bonds. The van der Waals surface area contributed by atoms with Crippen LogP contribution >= 0.6 is 11.6 Å². The van der Waals surface area contributed by atoms with Crippen molar-refractivity contribution in [2.75, 3.05) is 13.7 Å². The summed E-state index contributed by atoms with van der Waals surface area (Å²) < 4.78 is 18.8. The number of aliphatic hydroxyl groups is 1. The lowest BCUT2D eigenvalue weighted by Gasteiger charge is -2.25. The molecule has 0 bridgehead atoms. The van der Waals surface area contributed by atoms with Crippen molar-refractivity contribution in [1.29, 1.82) is 0 Å². The van der Waals surface area contributed by atoms with E-state index in [0.29, 0.717) is 22.8 Å². The maximum atomic E-state index is 13.5. The van der Waals surface area contributed by atoms with Gasteiger partial charge in [-0.2, -0.15) is 0 Å². The van der Waals surface area contributed by atoms with Gasteiger partial charge in [0.15, 0.2) is 0 Å². The van der Waals surface area contributed by atoms with Crippen LogP contribution in [0.15, 0.2) is 78.5 Å². The van der Waals surface area contributed by atoms with Crippen molar-refractivity contribution < 1.29 is 23.8 Å². The summed E-state index contributed by atoms with van der Waals surface area (Å²) in [6.07, 6.45) is 2.33. The second kappa shape index (κ2) is 9.51. The molecular formula is C28H22ClFN2O4. The summed E-state index contributed by atoms with van der Waals surface area (Å²) >= 11 is 6.07. The standard InChI is InChI=1S/C28H22ClFN2O4/c1-36-21-10-11-23-22(14-21)18(15-31-23)12-13-32-25(16-2-6-19(29)7-3-16)24(27(34)28(32)35)26(33)17-4-8-20(30)9-5-17/h2-11,14-15,25,31,33H,12-13H2,1H3/t25-/m1/s1. The van der Waals surface area contributed by atoms with Crippen molar-refractivity contribution in [1.82, 2.24) is 9.88 Å². The number of hydrogen-bond donors (Lipinski definition) is 2. The number of ether oxygens (including phenoxy) is 1. The van der Waals surface area contributed by atoms with E-state index >= 15 is 0 Å². The van der Waals surface area contributed by atoms with Gasteiger partial charge in [0.05, 0.1) is 18.7 Å². The molecule has 1 saturated heterocycles. The Morgan fingerprint density at radius 2 is 1.81 bits per heavy atom. The van der Waals surface area contributed by atoms with Crippen molar-refractivity contribution in [3.05, 3.63) is 106 Å². The van der Waals surface area contributed by atoms with Gasteiger partial charge in [0.25, 0.3) is 11.7 Å². The largest absolute Gasteiger partial charge is 0.507 e. The molecule has 6 nitrogen and oxygen atoms in total. The zero-order valence-corrected chi connectivity index (χ0v) is 20.1.